The Morgan fingerprint density at radius 3 is 2.71 bits per heavy atom. The SMILES string of the molecule is CCc1ccc([C@@H]2CCCN2S(=O)(=O)N(C)Cc2ccncc2)o1. The van der Waals surface area contributed by atoms with Crippen LogP contribution in [0.1, 0.15) is 42.9 Å². The quantitative estimate of drug-likeness (QED) is 0.804. The van der Waals surface area contributed by atoms with E-state index in [0.717, 1.165) is 36.3 Å². The van der Waals surface area contributed by atoms with Crippen LogP contribution in [0.2, 0.25) is 0 Å². The number of hydrogen-bond acceptors (Lipinski definition) is 4. The number of hydrogen-bond donors (Lipinski definition) is 0. The molecule has 3 rings (SSSR count). The standard InChI is InChI=1S/C17H23N3O3S/c1-3-15-6-7-17(23-15)16-5-4-12-20(16)24(21,22)19(2)13-14-8-10-18-11-9-14/h6-11,16H,3-5,12-13H2,1-2H3/t16-/m0/s1. The molecule has 0 aromatic carbocycles. The van der Waals surface area contributed by atoms with Crippen LogP contribution in [0.4, 0.5) is 0 Å². The van der Waals surface area contributed by atoms with Crippen LogP contribution in [0.15, 0.2) is 41.1 Å². The van der Waals surface area contributed by atoms with Gasteiger partial charge >= 0.3 is 0 Å². The smallest absolute Gasteiger partial charge is 0.282 e. The van der Waals surface area contributed by atoms with Crippen molar-refractivity contribution in [1.29, 1.82) is 0 Å². The molecule has 7 heteroatoms. The molecular formula is C17H23N3O3S. The zero-order chi connectivity index (χ0) is 17.2. The molecule has 0 amide bonds. The van der Waals surface area contributed by atoms with Crippen LogP contribution >= 0.6 is 0 Å². The molecule has 0 radical (unpaired) electrons. The van der Waals surface area contributed by atoms with Gasteiger partial charge in [-0.25, -0.2) is 0 Å². The van der Waals surface area contributed by atoms with Crippen LogP contribution in [0.25, 0.3) is 0 Å². The Balaban J connectivity index is 1.79. The van der Waals surface area contributed by atoms with Crippen LogP contribution in [-0.2, 0) is 23.2 Å². The maximum absolute atomic E-state index is 13.0. The minimum absolute atomic E-state index is 0.213. The Kier molecular flexibility index (Phi) is 5.03. The third-order valence-electron chi connectivity index (χ3n) is 4.41. The van der Waals surface area contributed by atoms with Crippen molar-refractivity contribution in [2.45, 2.75) is 38.8 Å². The van der Waals surface area contributed by atoms with Crippen molar-refractivity contribution >= 4 is 10.2 Å². The van der Waals surface area contributed by atoms with Crippen molar-refractivity contribution in [1.82, 2.24) is 13.6 Å². The van der Waals surface area contributed by atoms with Crippen LogP contribution in [0.3, 0.4) is 0 Å². The lowest BCUT2D eigenvalue weighted by Gasteiger charge is -2.28. The number of furan rings is 1. The van der Waals surface area contributed by atoms with Gasteiger partial charge in [0.1, 0.15) is 11.5 Å². The van der Waals surface area contributed by atoms with Gasteiger partial charge in [-0.2, -0.15) is 17.0 Å². The van der Waals surface area contributed by atoms with E-state index in [1.165, 1.54) is 4.31 Å². The lowest BCUT2D eigenvalue weighted by atomic mass is 10.2. The minimum atomic E-state index is -3.55. The highest BCUT2D eigenvalue weighted by molar-refractivity contribution is 7.86. The third-order valence-corrected chi connectivity index (χ3v) is 6.35. The topological polar surface area (TPSA) is 66.7 Å². The van der Waals surface area contributed by atoms with E-state index in [9.17, 15) is 8.42 Å². The lowest BCUT2D eigenvalue weighted by molar-refractivity contribution is 0.306. The Labute approximate surface area is 143 Å². The molecule has 2 aromatic rings. The maximum atomic E-state index is 13.0. The summed E-state index contributed by atoms with van der Waals surface area (Å²) in [5.41, 5.74) is 0.915. The van der Waals surface area contributed by atoms with Crippen molar-refractivity contribution in [2.75, 3.05) is 13.6 Å². The van der Waals surface area contributed by atoms with Crippen molar-refractivity contribution in [3.8, 4) is 0 Å². The van der Waals surface area contributed by atoms with E-state index in [1.54, 1.807) is 23.7 Å². The molecule has 0 spiro atoms. The lowest BCUT2D eigenvalue weighted by Crippen LogP contribution is -2.41. The summed E-state index contributed by atoms with van der Waals surface area (Å²) < 4.78 is 34.7. The first-order valence-corrected chi connectivity index (χ1v) is 9.62. The Morgan fingerprint density at radius 2 is 2.04 bits per heavy atom. The third kappa shape index (κ3) is 3.38. The highest BCUT2D eigenvalue weighted by atomic mass is 32.2. The average Bonchev–Trinajstić information content (AvgIpc) is 3.24. The van der Waals surface area contributed by atoms with Gasteiger partial charge in [0, 0.05) is 39.0 Å². The Hall–Kier alpha value is -1.70. The van der Waals surface area contributed by atoms with E-state index in [-0.39, 0.29) is 6.04 Å². The first-order chi connectivity index (χ1) is 11.5. The van der Waals surface area contributed by atoms with E-state index in [1.807, 2.05) is 31.2 Å². The molecule has 1 aliphatic rings. The molecule has 130 valence electrons. The summed E-state index contributed by atoms with van der Waals surface area (Å²) in [6.45, 7) is 2.87. The first-order valence-electron chi connectivity index (χ1n) is 8.23. The van der Waals surface area contributed by atoms with Gasteiger partial charge in [0.25, 0.3) is 10.2 Å². The summed E-state index contributed by atoms with van der Waals surface area (Å²) in [6.07, 6.45) is 5.78. The zero-order valence-electron chi connectivity index (χ0n) is 14.1. The van der Waals surface area contributed by atoms with Crippen molar-refractivity contribution < 1.29 is 12.8 Å². The Bertz CT molecular complexity index is 773. The molecule has 0 unspecified atom stereocenters. The highest BCUT2D eigenvalue weighted by Crippen LogP contribution is 2.36. The number of aryl methyl sites for hydroxylation is 1. The molecule has 2 aromatic heterocycles. The summed E-state index contributed by atoms with van der Waals surface area (Å²) in [5, 5.41) is 0. The van der Waals surface area contributed by atoms with Crippen molar-refractivity contribution in [2.24, 2.45) is 0 Å². The molecule has 24 heavy (non-hydrogen) atoms. The van der Waals surface area contributed by atoms with Gasteiger partial charge in [0.2, 0.25) is 0 Å². The van der Waals surface area contributed by atoms with Gasteiger partial charge in [-0.3, -0.25) is 4.98 Å². The summed E-state index contributed by atoms with van der Waals surface area (Å²) in [5.74, 6) is 1.63. The molecule has 0 N–H and O–H groups in total. The number of pyridine rings is 1. The molecule has 1 atom stereocenters. The highest BCUT2D eigenvalue weighted by Gasteiger charge is 2.39. The minimum Gasteiger partial charge on any atom is -0.464 e. The first kappa shape index (κ1) is 17.1. The molecule has 0 aliphatic carbocycles. The monoisotopic (exact) mass is 349 g/mol. The normalized spacial score (nSPS) is 19.2. The molecule has 1 fully saturated rings. The molecule has 6 nitrogen and oxygen atoms in total. The van der Waals surface area contributed by atoms with Gasteiger partial charge in [-0.15, -0.1) is 0 Å². The van der Waals surface area contributed by atoms with E-state index in [2.05, 4.69) is 4.98 Å². The maximum Gasteiger partial charge on any atom is 0.282 e. The molecule has 1 aliphatic heterocycles. The number of rotatable bonds is 6. The predicted octanol–water partition coefficient (Wildman–Crippen LogP) is 2.75. The predicted molar refractivity (Wildman–Crippen MR) is 91.4 cm³/mol. The molecule has 0 saturated carbocycles. The second-order valence-electron chi connectivity index (χ2n) is 6.05. The molecule has 3 heterocycles. The average molecular weight is 349 g/mol. The number of nitrogens with zero attached hydrogens (tertiary/aromatic N) is 3. The van der Waals surface area contributed by atoms with Crippen LogP contribution in [0, 0.1) is 0 Å². The van der Waals surface area contributed by atoms with E-state index >= 15 is 0 Å². The number of aromatic nitrogens is 1. The fraction of sp³-hybridized carbons (Fsp3) is 0.471. The second kappa shape index (κ2) is 7.04. The summed E-state index contributed by atoms with van der Waals surface area (Å²) >= 11 is 0. The fourth-order valence-corrected chi connectivity index (χ4v) is 4.63. The van der Waals surface area contributed by atoms with E-state index in [0.29, 0.717) is 13.1 Å². The molecule has 1 saturated heterocycles. The van der Waals surface area contributed by atoms with Gasteiger partial charge in [0.05, 0.1) is 6.04 Å². The van der Waals surface area contributed by atoms with Gasteiger partial charge < -0.3 is 4.42 Å². The van der Waals surface area contributed by atoms with Gasteiger partial charge in [-0.1, -0.05) is 6.92 Å². The summed E-state index contributed by atoms with van der Waals surface area (Å²) in [7, 11) is -1.93. The van der Waals surface area contributed by atoms with Gasteiger partial charge in [-0.05, 0) is 42.7 Å². The van der Waals surface area contributed by atoms with Crippen molar-refractivity contribution in [3.05, 3.63) is 53.7 Å². The van der Waals surface area contributed by atoms with Crippen LogP contribution in [-0.4, -0.2) is 35.6 Å². The molecule has 0 bridgehead atoms. The summed E-state index contributed by atoms with van der Waals surface area (Å²) in [4.78, 5) is 3.96. The van der Waals surface area contributed by atoms with E-state index in [4.69, 9.17) is 4.42 Å². The van der Waals surface area contributed by atoms with Crippen molar-refractivity contribution in [3.63, 3.8) is 0 Å². The van der Waals surface area contributed by atoms with Crippen LogP contribution in [0.5, 0.6) is 0 Å². The van der Waals surface area contributed by atoms with E-state index < -0.39 is 10.2 Å². The zero-order valence-corrected chi connectivity index (χ0v) is 14.9. The second-order valence-corrected chi connectivity index (χ2v) is 8.03. The van der Waals surface area contributed by atoms with Gasteiger partial charge in [0.15, 0.2) is 0 Å². The molecular weight excluding hydrogens is 326 g/mol. The summed E-state index contributed by atoms with van der Waals surface area (Å²) in [6, 6.07) is 7.27. The largest absolute Gasteiger partial charge is 0.464 e. The fourth-order valence-electron chi connectivity index (χ4n) is 3.07. The Morgan fingerprint density at radius 1 is 1.29 bits per heavy atom. The van der Waals surface area contributed by atoms with Crippen LogP contribution < -0.4 is 0 Å².